The van der Waals surface area contributed by atoms with Gasteiger partial charge in [-0.25, -0.2) is 4.98 Å². The minimum atomic E-state index is 0.281. The number of hydrogen-bond donors (Lipinski definition) is 2. The molecule has 1 aromatic rings. The molecule has 106 valence electrons. The van der Waals surface area contributed by atoms with Gasteiger partial charge in [-0.05, 0) is 0 Å². The van der Waals surface area contributed by atoms with Crippen LogP contribution >= 0.6 is 0 Å². The van der Waals surface area contributed by atoms with Crippen molar-refractivity contribution in [1.82, 2.24) is 9.97 Å². The van der Waals surface area contributed by atoms with E-state index in [0.717, 1.165) is 0 Å². The molecule has 1 rings (SSSR count). The van der Waals surface area contributed by atoms with E-state index in [0.29, 0.717) is 43.0 Å². The Morgan fingerprint density at radius 3 is 2.68 bits per heavy atom. The molecule has 0 spiro atoms. The fourth-order valence-corrected chi connectivity index (χ4v) is 1.32. The second-order valence-electron chi connectivity index (χ2n) is 3.65. The van der Waals surface area contributed by atoms with Crippen LogP contribution in [-0.4, -0.2) is 43.9 Å². The number of hydrogen-bond acceptors (Lipinski definition) is 7. The van der Waals surface area contributed by atoms with Crippen LogP contribution in [0.5, 0.6) is 5.88 Å². The summed E-state index contributed by atoms with van der Waals surface area (Å²) in [5, 5.41) is 3.03. The van der Waals surface area contributed by atoms with Crippen molar-refractivity contribution in [3.8, 4) is 5.88 Å². The molecule has 0 atom stereocenters. The molecule has 7 nitrogen and oxygen atoms in total. The number of ether oxygens (including phenoxy) is 3. The third-order valence-electron chi connectivity index (χ3n) is 2.17. The van der Waals surface area contributed by atoms with Crippen molar-refractivity contribution >= 4 is 11.5 Å². The summed E-state index contributed by atoms with van der Waals surface area (Å²) >= 11 is 0. The topological polar surface area (TPSA) is 91.5 Å². The highest BCUT2D eigenvalue weighted by Crippen LogP contribution is 2.26. The van der Waals surface area contributed by atoms with Gasteiger partial charge in [0.05, 0.1) is 6.61 Å². The van der Waals surface area contributed by atoms with Gasteiger partial charge < -0.3 is 25.3 Å². The van der Waals surface area contributed by atoms with E-state index in [1.807, 2.05) is 0 Å². The highest BCUT2D eigenvalue weighted by molar-refractivity contribution is 5.67. The highest BCUT2D eigenvalue weighted by Gasteiger charge is 2.12. The maximum absolute atomic E-state index is 5.94. The van der Waals surface area contributed by atoms with Gasteiger partial charge >= 0.3 is 0 Å². The van der Waals surface area contributed by atoms with Crippen molar-refractivity contribution in [1.29, 1.82) is 0 Å². The first-order valence-corrected chi connectivity index (χ1v) is 5.84. The van der Waals surface area contributed by atoms with Crippen molar-refractivity contribution in [2.75, 3.05) is 45.0 Å². The van der Waals surface area contributed by atoms with Gasteiger partial charge in [-0.2, -0.15) is 4.98 Å². The smallest absolute Gasteiger partial charge is 0.243 e. The minimum Gasteiger partial charge on any atom is -0.474 e. The molecule has 0 fully saturated rings. The Morgan fingerprint density at radius 2 is 2.05 bits per heavy atom. The Bertz CT molecular complexity index is 412. The molecule has 0 radical (unpaired) electrons. The van der Waals surface area contributed by atoms with Crippen LogP contribution in [0.3, 0.4) is 0 Å². The first-order valence-electron chi connectivity index (χ1n) is 5.84. The van der Waals surface area contributed by atoms with Gasteiger partial charge in [0.25, 0.3) is 0 Å². The lowest BCUT2D eigenvalue weighted by atomic mass is 10.4. The molecule has 0 unspecified atom stereocenters. The highest BCUT2D eigenvalue weighted by atomic mass is 16.5. The SMILES string of the molecule is C=CCNc1nc(COC)nc(OCCOC)c1N. The average molecular weight is 268 g/mol. The van der Waals surface area contributed by atoms with Crippen LogP contribution < -0.4 is 15.8 Å². The van der Waals surface area contributed by atoms with Crippen LogP contribution in [-0.2, 0) is 16.1 Å². The van der Waals surface area contributed by atoms with Gasteiger partial charge in [-0.1, -0.05) is 6.08 Å². The Balaban J connectivity index is 2.91. The van der Waals surface area contributed by atoms with Gasteiger partial charge in [0.2, 0.25) is 5.88 Å². The normalized spacial score (nSPS) is 10.2. The monoisotopic (exact) mass is 268 g/mol. The van der Waals surface area contributed by atoms with Crippen molar-refractivity contribution < 1.29 is 14.2 Å². The number of nitrogens with zero attached hydrogens (tertiary/aromatic N) is 2. The van der Waals surface area contributed by atoms with Crippen LogP contribution in [0.4, 0.5) is 11.5 Å². The van der Waals surface area contributed by atoms with E-state index >= 15 is 0 Å². The van der Waals surface area contributed by atoms with Gasteiger partial charge in [0.1, 0.15) is 18.9 Å². The molecule has 1 aromatic heterocycles. The minimum absolute atomic E-state index is 0.281. The predicted molar refractivity (Wildman–Crippen MR) is 73.2 cm³/mol. The van der Waals surface area contributed by atoms with Gasteiger partial charge in [-0.3, -0.25) is 0 Å². The summed E-state index contributed by atoms with van der Waals surface area (Å²) in [5.74, 6) is 1.33. The van der Waals surface area contributed by atoms with Gasteiger partial charge in [0.15, 0.2) is 11.6 Å². The van der Waals surface area contributed by atoms with E-state index in [1.165, 1.54) is 0 Å². The lowest BCUT2D eigenvalue weighted by Gasteiger charge is -2.13. The molecule has 3 N–H and O–H groups in total. The van der Waals surface area contributed by atoms with Crippen LogP contribution in [0.15, 0.2) is 12.7 Å². The summed E-state index contributed by atoms with van der Waals surface area (Å²) in [7, 11) is 3.17. The number of nitrogens with one attached hydrogen (secondary N) is 1. The summed E-state index contributed by atoms with van der Waals surface area (Å²) in [4.78, 5) is 8.46. The summed E-state index contributed by atoms with van der Waals surface area (Å²) in [6.45, 7) is 5.28. The molecule has 0 aromatic carbocycles. The largest absolute Gasteiger partial charge is 0.474 e. The summed E-state index contributed by atoms with van der Waals surface area (Å²) in [6, 6.07) is 0. The third kappa shape index (κ3) is 4.72. The quantitative estimate of drug-likeness (QED) is 0.506. The molecule has 0 aliphatic rings. The maximum atomic E-state index is 5.94. The third-order valence-corrected chi connectivity index (χ3v) is 2.17. The second kappa shape index (κ2) is 8.28. The molecule has 0 saturated heterocycles. The van der Waals surface area contributed by atoms with Crippen LogP contribution in [0, 0.1) is 0 Å². The van der Waals surface area contributed by atoms with Crippen molar-refractivity contribution in [2.45, 2.75) is 6.61 Å². The molecular weight excluding hydrogens is 248 g/mol. The van der Waals surface area contributed by atoms with E-state index in [1.54, 1.807) is 20.3 Å². The molecule has 1 heterocycles. The average Bonchev–Trinajstić information content (AvgIpc) is 2.41. The molecule has 0 bridgehead atoms. The Labute approximate surface area is 112 Å². The number of aromatic nitrogens is 2. The summed E-state index contributed by atoms with van der Waals surface area (Å²) in [6.07, 6.45) is 1.71. The fourth-order valence-electron chi connectivity index (χ4n) is 1.32. The van der Waals surface area contributed by atoms with Crippen molar-refractivity contribution in [2.24, 2.45) is 0 Å². The lowest BCUT2D eigenvalue weighted by molar-refractivity contribution is 0.142. The summed E-state index contributed by atoms with van der Waals surface area (Å²) < 4.78 is 15.4. The lowest BCUT2D eigenvalue weighted by Crippen LogP contribution is -2.13. The first-order chi connectivity index (χ1) is 9.22. The zero-order chi connectivity index (χ0) is 14.1. The number of rotatable bonds is 9. The standard InChI is InChI=1S/C12H20N4O3/c1-4-5-14-11-10(13)12(19-7-6-17-2)16-9(15-11)8-18-3/h4H,1,5-8,13H2,2-3H3,(H,14,15,16). The van der Waals surface area contributed by atoms with Gasteiger partial charge in [-0.15, -0.1) is 6.58 Å². The van der Waals surface area contributed by atoms with E-state index < -0.39 is 0 Å². The van der Waals surface area contributed by atoms with Crippen molar-refractivity contribution in [3.05, 3.63) is 18.5 Å². The summed E-state index contributed by atoms with van der Waals surface area (Å²) in [5.41, 5.74) is 6.30. The Kier molecular flexibility index (Phi) is 6.62. The molecule has 0 amide bonds. The molecule has 7 heteroatoms. The van der Waals surface area contributed by atoms with E-state index in [-0.39, 0.29) is 6.61 Å². The van der Waals surface area contributed by atoms with Crippen molar-refractivity contribution in [3.63, 3.8) is 0 Å². The Hall–Kier alpha value is -1.86. The van der Waals surface area contributed by atoms with Gasteiger partial charge in [0, 0.05) is 20.8 Å². The van der Waals surface area contributed by atoms with E-state index in [4.69, 9.17) is 19.9 Å². The molecule has 0 aliphatic carbocycles. The molecule has 0 aliphatic heterocycles. The fraction of sp³-hybridized carbons (Fsp3) is 0.500. The molecule has 19 heavy (non-hydrogen) atoms. The number of methoxy groups -OCH3 is 2. The predicted octanol–water partition coefficient (Wildman–Crippen LogP) is 0.828. The van der Waals surface area contributed by atoms with E-state index in [2.05, 4.69) is 21.9 Å². The number of nitrogens with two attached hydrogens (primary N) is 1. The zero-order valence-electron chi connectivity index (χ0n) is 11.3. The number of anilines is 2. The first kappa shape index (κ1) is 15.2. The second-order valence-corrected chi connectivity index (χ2v) is 3.65. The molecular formula is C12H20N4O3. The molecule has 0 saturated carbocycles. The van der Waals surface area contributed by atoms with Crippen LogP contribution in [0.25, 0.3) is 0 Å². The number of nitrogen functional groups attached to an aromatic ring is 1. The zero-order valence-corrected chi connectivity index (χ0v) is 11.3. The Morgan fingerprint density at radius 1 is 1.26 bits per heavy atom. The maximum Gasteiger partial charge on any atom is 0.243 e. The van der Waals surface area contributed by atoms with Crippen LogP contribution in [0.1, 0.15) is 5.82 Å². The van der Waals surface area contributed by atoms with E-state index in [9.17, 15) is 0 Å². The van der Waals surface area contributed by atoms with Crippen LogP contribution in [0.2, 0.25) is 0 Å².